The lowest BCUT2D eigenvalue weighted by molar-refractivity contribution is -0.124. The lowest BCUT2D eigenvalue weighted by atomic mass is 9.66. The van der Waals surface area contributed by atoms with Gasteiger partial charge in [0.2, 0.25) is 5.91 Å². The highest BCUT2D eigenvalue weighted by molar-refractivity contribution is 5.81. The molecule has 1 amide bonds. The maximum absolute atomic E-state index is 11.7. The second kappa shape index (κ2) is 5.67. The van der Waals surface area contributed by atoms with Gasteiger partial charge in [0.15, 0.2) is 0 Å². The molecule has 16 heavy (non-hydrogen) atoms. The Bertz CT molecular complexity index is 234. The van der Waals surface area contributed by atoms with E-state index in [1.807, 2.05) is 13.8 Å². The molecule has 3 heteroatoms. The summed E-state index contributed by atoms with van der Waals surface area (Å²) in [6.07, 6.45) is 6.26. The zero-order valence-corrected chi connectivity index (χ0v) is 10.9. The van der Waals surface area contributed by atoms with Crippen LogP contribution in [-0.4, -0.2) is 18.5 Å². The molecular weight excluding hydrogens is 200 g/mol. The molecule has 0 bridgehead atoms. The van der Waals surface area contributed by atoms with E-state index >= 15 is 0 Å². The van der Waals surface area contributed by atoms with Crippen molar-refractivity contribution in [2.24, 2.45) is 17.1 Å². The van der Waals surface area contributed by atoms with Crippen molar-refractivity contribution in [3.8, 4) is 0 Å². The fourth-order valence-electron chi connectivity index (χ4n) is 2.42. The lowest BCUT2D eigenvalue weighted by Gasteiger charge is -2.42. The summed E-state index contributed by atoms with van der Waals surface area (Å²) in [6.45, 7) is 6.99. The van der Waals surface area contributed by atoms with Crippen LogP contribution in [-0.2, 0) is 4.79 Å². The van der Waals surface area contributed by atoms with Gasteiger partial charge in [-0.1, -0.05) is 33.6 Å². The van der Waals surface area contributed by atoms with E-state index in [0.29, 0.717) is 5.41 Å². The largest absolute Gasteiger partial charge is 0.354 e. The van der Waals surface area contributed by atoms with Crippen molar-refractivity contribution < 1.29 is 4.79 Å². The van der Waals surface area contributed by atoms with E-state index in [1.165, 1.54) is 32.1 Å². The molecule has 1 atom stereocenters. The number of carbonyl (C=O) groups is 1. The third-order valence-electron chi connectivity index (χ3n) is 3.85. The zero-order valence-electron chi connectivity index (χ0n) is 10.9. The fourth-order valence-corrected chi connectivity index (χ4v) is 2.42. The topological polar surface area (TPSA) is 55.1 Å². The van der Waals surface area contributed by atoms with Gasteiger partial charge in [-0.05, 0) is 30.6 Å². The predicted molar refractivity (Wildman–Crippen MR) is 67.0 cm³/mol. The van der Waals surface area contributed by atoms with Crippen LogP contribution in [0.4, 0.5) is 0 Å². The Morgan fingerprint density at radius 3 is 2.44 bits per heavy atom. The number of rotatable bonds is 6. The van der Waals surface area contributed by atoms with Crippen LogP contribution >= 0.6 is 0 Å². The van der Waals surface area contributed by atoms with Gasteiger partial charge < -0.3 is 11.1 Å². The van der Waals surface area contributed by atoms with Crippen LogP contribution in [0.2, 0.25) is 0 Å². The molecule has 0 spiro atoms. The van der Waals surface area contributed by atoms with E-state index in [2.05, 4.69) is 12.2 Å². The molecule has 0 radical (unpaired) electrons. The summed E-state index contributed by atoms with van der Waals surface area (Å²) in [6, 6.07) is -0.362. The number of hydrogen-bond acceptors (Lipinski definition) is 2. The summed E-state index contributed by atoms with van der Waals surface area (Å²) in [7, 11) is 0. The summed E-state index contributed by atoms with van der Waals surface area (Å²) >= 11 is 0. The quantitative estimate of drug-likeness (QED) is 0.728. The molecule has 1 saturated carbocycles. The molecule has 0 saturated heterocycles. The Balaban J connectivity index is 2.35. The zero-order chi connectivity index (χ0) is 12.2. The van der Waals surface area contributed by atoms with E-state index in [9.17, 15) is 4.79 Å². The smallest absolute Gasteiger partial charge is 0.237 e. The molecule has 0 unspecified atom stereocenters. The Morgan fingerprint density at radius 2 is 2.06 bits per heavy atom. The van der Waals surface area contributed by atoms with Crippen LogP contribution < -0.4 is 11.1 Å². The number of nitrogens with one attached hydrogen (secondary N) is 1. The molecule has 3 N–H and O–H groups in total. The molecule has 0 aromatic carbocycles. The van der Waals surface area contributed by atoms with Crippen molar-refractivity contribution >= 4 is 5.91 Å². The highest BCUT2D eigenvalue weighted by Crippen LogP contribution is 2.44. The van der Waals surface area contributed by atoms with E-state index in [1.54, 1.807) is 0 Å². The minimum Gasteiger partial charge on any atom is -0.354 e. The van der Waals surface area contributed by atoms with Crippen molar-refractivity contribution in [1.82, 2.24) is 5.32 Å². The number of nitrogens with two attached hydrogens (primary N) is 1. The molecule has 3 nitrogen and oxygen atoms in total. The van der Waals surface area contributed by atoms with Crippen molar-refractivity contribution in [1.29, 1.82) is 0 Å². The van der Waals surface area contributed by atoms with Crippen molar-refractivity contribution in [2.75, 3.05) is 6.54 Å². The second-order valence-corrected chi connectivity index (χ2v) is 5.59. The van der Waals surface area contributed by atoms with Crippen molar-refractivity contribution in [3.63, 3.8) is 0 Å². The van der Waals surface area contributed by atoms with Crippen LogP contribution in [0.3, 0.4) is 0 Å². The molecule has 1 aliphatic rings. The maximum atomic E-state index is 11.7. The Hall–Kier alpha value is -0.570. The average Bonchev–Trinajstić information content (AvgIpc) is 2.20. The van der Waals surface area contributed by atoms with Crippen LogP contribution in [0.1, 0.15) is 52.9 Å². The molecular formula is C13H26N2O. The van der Waals surface area contributed by atoms with Gasteiger partial charge >= 0.3 is 0 Å². The summed E-state index contributed by atoms with van der Waals surface area (Å²) in [5.74, 6) is 0.223. The average molecular weight is 226 g/mol. The van der Waals surface area contributed by atoms with E-state index in [0.717, 1.165) is 6.54 Å². The first-order valence-corrected chi connectivity index (χ1v) is 6.54. The maximum Gasteiger partial charge on any atom is 0.237 e. The molecule has 1 aliphatic carbocycles. The molecule has 1 rings (SSSR count). The van der Waals surface area contributed by atoms with Crippen molar-refractivity contribution in [2.45, 2.75) is 58.9 Å². The van der Waals surface area contributed by atoms with Gasteiger partial charge in [0.25, 0.3) is 0 Å². The fraction of sp³-hybridized carbons (Fsp3) is 0.923. The summed E-state index contributed by atoms with van der Waals surface area (Å²) in [4.78, 5) is 11.7. The lowest BCUT2D eigenvalue weighted by Crippen LogP contribution is -2.49. The second-order valence-electron chi connectivity index (χ2n) is 5.59. The minimum absolute atomic E-state index is 0.0115. The first-order chi connectivity index (χ1) is 7.51. The normalized spacial score (nSPS) is 20.3. The van der Waals surface area contributed by atoms with E-state index < -0.39 is 0 Å². The number of amides is 1. The van der Waals surface area contributed by atoms with Crippen LogP contribution in [0, 0.1) is 11.3 Å². The Kier molecular flexibility index (Phi) is 4.78. The molecule has 0 heterocycles. The molecule has 0 aliphatic heterocycles. The molecule has 94 valence electrons. The first-order valence-electron chi connectivity index (χ1n) is 6.54. The van der Waals surface area contributed by atoms with Crippen LogP contribution in [0.15, 0.2) is 0 Å². The van der Waals surface area contributed by atoms with Gasteiger partial charge in [0, 0.05) is 6.54 Å². The number of carbonyl (C=O) groups excluding carboxylic acids is 1. The standard InChI is InChI=1S/C13H26N2O/c1-4-6-13(7-5-8-13)9-15-12(16)11(14)10(2)3/h10-11H,4-9,14H2,1-3H3,(H,15,16)/t11-/m0/s1. The first kappa shape index (κ1) is 13.5. The SMILES string of the molecule is CCCC1(CNC(=O)[C@@H](N)C(C)C)CCC1. The van der Waals surface area contributed by atoms with Gasteiger partial charge in [-0.3, -0.25) is 4.79 Å². The van der Waals surface area contributed by atoms with E-state index in [4.69, 9.17) is 5.73 Å². The van der Waals surface area contributed by atoms with Gasteiger partial charge in [0.1, 0.15) is 0 Å². The monoisotopic (exact) mass is 226 g/mol. The summed E-state index contributed by atoms with van der Waals surface area (Å²) < 4.78 is 0. The third-order valence-corrected chi connectivity index (χ3v) is 3.85. The number of hydrogen-bond donors (Lipinski definition) is 2. The third kappa shape index (κ3) is 3.21. The molecule has 0 aromatic rings. The summed E-state index contributed by atoms with van der Waals surface area (Å²) in [5, 5.41) is 3.03. The highest BCUT2D eigenvalue weighted by atomic mass is 16.2. The molecule has 1 fully saturated rings. The van der Waals surface area contributed by atoms with Gasteiger partial charge in [0.05, 0.1) is 6.04 Å². The summed E-state index contributed by atoms with van der Waals surface area (Å²) in [5.41, 5.74) is 6.20. The Morgan fingerprint density at radius 1 is 1.44 bits per heavy atom. The van der Waals surface area contributed by atoms with E-state index in [-0.39, 0.29) is 17.9 Å². The Labute approximate surface area is 99.2 Å². The highest BCUT2D eigenvalue weighted by Gasteiger charge is 2.36. The van der Waals surface area contributed by atoms with Crippen molar-refractivity contribution in [3.05, 3.63) is 0 Å². The van der Waals surface area contributed by atoms with Gasteiger partial charge in [-0.25, -0.2) is 0 Å². The predicted octanol–water partition coefficient (Wildman–Crippen LogP) is 2.06. The minimum atomic E-state index is -0.362. The van der Waals surface area contributed by atoms with Crippen LogP contribution in [0.5, 0.6) is 0 Å². The van der Waals surface area contributed by atoms with Gasteiger partial charge in [-0.2, -0.15) is 0 Å². The molecule has 0 aromatic heterocycles. The van der Waals surface area contributed by atoms with Gasteiger partial charge in [-0.15, -0.1) is 0 Å². The van der Waals surface area contributed by atoms with Crippen LogP contribution in [0.25, 0.3) is 0 Å².